The molecule has 0 aliphatic heterocycles. The summed E-state index contributed by atoms with van der Waals surface area (Å²) in [7, 11) is 0. The van der Waals surface area contributed by atoms with Crippen LogP contribution in [0.4, 0.5) is 11.5 Å². The highest BCUT2D eigenvalue weighted by Crippen LogP contribution is 2.20. The first-order chi connectivity index (χ1) is 7.77. The Hall–Kier alpha value is -2.50. The van der Waals surface area contributed by atoms with Crippen LogP contribution in [0.1, 0.15) is 0 Å². The molecule has 0 radical (unpaired) electrons. The van der Waals surface area contributed by atoms with Gasteiger partial charge in [-0.3, -0.25) is 4.79 Å². The molecule has 16 heavy (non-hydrogen) atoms. The molecular formula is C10H8N4O2. The lowest BCUT2D eigenvalue weighted by Crippen LogP contribution is -2.04. The average molecular weight is 216 g/mol. The lowest BCUT2D eigenvalue weighted by molar-refractivity contribution is 0.464. The van der Waals surface area contributed by atoms with Crippen LogP contribution in [0.15, 0.2) is 51.7 Å². The van der Waals surface area contributed by atoms with Crippen molar-refractivity contribution in [1.29, 1.82) is 0 Å². The Morgan fingerprint density at radius 1 is 1.19 bits per heavy atom. The van der Waals surface area contributed by atoms with Gasteiger partial charge in [0.1, 0.15) is 0 Å². The molecule has 1 aromatic heterocycles. The number of benzene rings is 1. The Bertz CT molecular complexity index is 563. The molecular weight excluding hydrogens is 208 g/mol. The third kappa shape index (κ3) is 2.11. The number of aromatic hydroxyl groups is 1. The van der Waals surface area contributed by atoms with E-state index in [4.69, 9.17) is 0 Å². The zero-order valence-electron chi connectivity index (χ0n) is 8.16. The summed E-state index contributed by atoms with van der Waals surface area (Å²) in [5.41, 5.74) is -0.0269. The van der Waals surface area contributed by atoms with Gasteiger partial charge in [0.15, 0.2) is 0 Å². The number of rotatable bonds is 2. The molecule has 0 spiro atoms. The van der Waals surface area contributed by atoms with Gasteiger partial charge in [-0.25, -0.2) is 4.98 Å². The topological polar surface area (TPSA) is 90.7 Å². The Labute approximate surface area is 90.3 Å². The van der Waals surface area contributed by atoms with Crippen molar-refractivity contribution in [3.63, 3.8) is 0 Å². The smallest absolute Gasteiger partial charge is 0.295 e. The maximum atomic E-state index is 11.0. The second kappa shape index (κ2) is 4.35. The second-order valence-corrected chi connectivity index (χ2v) is 2.94. The van der Waals surface area contributed by atoms with Crippen LogP contribution in [0.2, 0.25) is 0 Å². The minimum absolute atomic E-state index is 0.104. The molecule has 0 saturated heterocycles. The van der Waals surface area contributed by atoms with Gasteiger partial charge in [-0.1, -0.05) is 18.2 Å². The van der Waals surface area contributed by atoms with E-state index in [1.807, 2.05) is 6.07 Å². The van der Waals surface area contributed by atoms with Gasteiger partial charge in [0, 0.05) is 0 Å². The first-order valence-electron chi connectivity index (χ1n) is 4.51. The minimum Gasteiger partial charge on any atom is -0.500 e. The predicted octanol–water partition coefficient (Wildman–Crippen LogP) is 1.89. The van der Waals surface area contributed by atoms with Crippen LogP contribution in [-0.2, 0) is 0 Å². The van der Waals surface area contributed by atoms with E-state index in [-0.39, 0.29) is 5.82 Å². The molecule has 80 valence electrons. The van der Waals surface area contributed by atoms with Crippen LogP contribution in [0, 0.1) is 0 Å². The molecule has 0 amide bonds. The van der Waals surface area contributed by atoms with Crippen LogP contribution >= 0.6 is 0 Å². The maximum Gasteiger partial charge on any atom is 0.295 e. The molecule has 0 bridgehead atoms. The molecule has 0 saturated carbocycles. The van der Waals surface area contributed by atoms with Crippen LogP contribution in [0.5, 0.6) is 5.75 Å². The number of H-pyrrole nitrogens is 1. The lowest BCUT2D eigenvalue weighted by atomic mass is 10.3. The molecule has 1 heterocycles. The summed E-state index contributed by atoms with van der Waals surface area (Å²) < 4.78 is 0. The Morgan fingerprint density at radius 2 is 1.94 bits per heavy atom. The SMILES string of the molecule is O=c1[nH]cnc(/N=N/c2ccccc2)c1O. The molecule has 0 unspecified atom stereocenters. The largest absolute Gasteiger partial charge is 0.500 e. The zero-order valence-corrected chi connectivity index (χ0v) is 8.16. The maximum absolute atomic E-state index is 11.0. The summed E-state index contributed by atoms with van der Waals surface area (Å²) in [5, 5.41) is 16.8. The highest BCUT2D eigenvalue weighted by molar-refractivity contribution is 5.42. The molecule has 6 heteroatoms. The molecule has 1 aromatic carbocycles. The standard InChI is InChI=1S/C10H8N4O2/c15-8-9(11-6-12-10(8)16)14-13-7-4-2-1-3-5-7/h1-6,15H,(H,11,12,16)/b14-13+. The van der Waals surface area contributed by atoms with Gasteiger partial charge in [0.25, 0.3) is 5.56 Å². The monoisotopic (exact) mass is 216 g/mol. The van der Waals surface area contributed by atoms with Crippen molar-refractivity contribution >= 4 is 11.5 Å². The molecule has 6 nitrogen and oxygen atoms in total. The highest BCUT2D eigenvalue weighted by atomic mass is 16.3. The zero-order chi connectivity index (χ0) is 11.4. The summed E-state index contributed by atoms with van der Waals surface area (Å²) >= 11 is 0. The van der Waals surface area contributed by atoms with Crippen molar-refractivity contribution in [2.24, 2.45) is 10.2 Å². The van der Waals surface area contributed by atoms with Crippen molar-refractivity contribution in [3.8, 4) is 5.75 Å². The Morgan fingerprint density at radius 3 is 2.69 bits per heavy atom. The van der Waals surface area contributed by atoms with E-state index in [0.717, 1.165) is 6.33 Å². The quantitative estimate of drug-likeness (QED) is 0.751. The Kier molecular flexibility index (Phi) is 2.73. The molecule has 2 rings (SSSR count). The number of aromatic nitrogens is 2. The minimum atomic E-state index is -0.642. The van der Waals surface area contributed by atoms with E-state index >= 15 is 0 Å². The van der Waals surface area contributed by atoms with Gasteiger partial charge in [-0.15, -0.1) is 10.2 Å². The molecule has 2 aromatic rings. The van der Waals surface area contributed by atoms with Gasteiger partial charge < -0.3 is 10.1 Å². The van der Waals surface area contributed by atoms with E-state index in [1.54, 1.807) is 24.3 Å². The molecule has 2 N–H and O–H groups in total. The fraction of sp³-hybridized carbons (Fsp3) is 0. The summed E-state index contributed by atoms with van der Waals surface area (Å²) in [6.45, 7) is 0. The fourth-order valence-corrected chi connectivity index (χ4v) is 1.06. The van der Waals surface area contributed by atoms with Crippen LogP contribution in [-0.4, -0.2) is 15.1 Å². The van der Waals surface area contributed by atoms with Crippen molar-refractivity contribution in [2.75, 3.05) is 0 Å². The third-order valence-corrected chi connectivity index (χ3v) is 1.83. The van der Waals surface area contributed by atoms with Crippen LogP contribution in [0.25, 0.3) is 0 Å². The number of azo groups is 1. The summed E-state index contributed by atoms with van der Waals surface area (Å²) in [6, 6.07) is 8.95. The van der Waals surface area contributed by atoms with E-state index < -0.39 is 11.3 Å². The Balaban J connectivity index is 2.31. The molecule has 0 atom stereocenters. The van der Waals surface area contributed by atoms with Gasteiger partial charge in [0.05, 0.1) is 12.0 Å². The lowest BCUT2D eigenvalue weighted by Gasteiger charge is -1.94. The van der Waals surface area contributed by atoms with E-state index in [2.05, 4.69) is 20.2 Å². The van der Waals surface area contributed by atoms with Gasteiger partial charge in [-0.2, -0.15) is 0 Å². The van der Waals surface area contributed by atoms with E-state index in [9.17, 15) is 9.90 Å². The number of nitrogens with zero attached hydrogens (tertiary/aromatic N) is 3. The van der Waals surface area contributed by atoms with Crippen molar-refractivity contribution in [2.45, 2.75) is 0 Å². The predicted molar refractivity (Wildman–Crippen MR) is 57.1 cm³/mol. The first kappa shape index (κ1) is 10.0. The van der Waals surface area contributed by atoms with Crippen LogP contribution in [0.3, 0.4) is 0 Å². The van der Waals surface area contributed by atoms with Gasteiger partial charge >= 0.3 is 0 Å². The normalized spacial score (nSPS) is 10.8. The number of nitrogens with one attached hydrogen (secondary N) is 1. The summed E-state index contributed by atoms with van der Waals surface area (Å²) in [5.74, 6) is -0.644. The van der Waals surface area contributed by atoms with Gasteiger partial charge in [0.2, 0.25) is 11.6 Å². The number of aromatic amines is 1. The summed E-state index contributed by atoms with van der Waals surface area (Å²) in [4.78, 5) is 16.9. The van der Waals surface area contributed by atoms with Crippen molar-refractivity contribution in [3.05, 3.63) is 47.0 Å². The molecule has 0 aliphatic rings. The first-order valence-corrected chi connectivity index (χ1v) is 4.51. The number of hydrogen-bond acceptors (Lipinski definition) is 5. The van der Waals surface area contributed by atoms with Crippen molar-refractivity contribution < 1.29 is 5.11 Å². The fourth-order valence-electron chi connectivity index (χ4n) is 1.06. The third-order valence-electron chi connectivity index (χ3n) is 1.83. The molecule has 0 aliphatic carbocycles. The number of hydrogen-bond donors (Lipinski definition) is 2. The van der Waals surface area contributed by atoms with E-state index in [1.165, 1.54) is 0 Å². The molecule has 0 fully saturated rings. The van der Waals surface area contributed by atoms with Crippen molar-refractivity contribution in [1.82, 2.24) is 9.97 Å². The average Bonchev–Trinajstić information content (AvgIpc) is 2.32. The summed E-state index contributed by atoms with van der Waals surface area (Å²) in [6.07, 6.45) is 1.15. The van der Waals surface area contributed by atoms with Crippen LogP contribution < -0.4 is 5.56 Å². The highest BCUT2D eigenvalue weighted by Gasteiger charge is 2.04. The van der Waals surface area contributed by atoms with Gasteiger partial charge in [-0.05, 0) is 12.1 Å². The van der Waals surface area contributed by atoms with E-state index in [0.29, 0.717) is 5.69 Å². The second-order valence-electron chi connectivity index (χ2n) is 2.94.